The number of nitrogens with one attached hydrogen (secondary N) is 1. The third kappa shape index (κ3) is 1.49. The number of imidazole rings is 1. The molecule has 1 aromatic carbocycles. The van der Waals surface area contributed by atoms with Crippen molar-refractivity contribution in [2.75, 3.05) is 0 Å². The van der Waals surface area contributed by atoms with Crippen LogP contribution in [-0.2, 0) is 0 Å². The summed E-state index contributed by atoms with van der Waals surface area (Å²) in [7, 11) is 0. The first-order valence-electron chi connectivity index (χ1n) is 5.07. The Kier molecular flexibility index (Phi) is 2.06. The standard InChI is InChI=1S/C11H7N3O4/c15-7-3-1-2-6-10(7)13-11(12-6)8-4-5-9(18-8)14(16)17/h1-5,15H,(H,12,13). The highest BCUT2D eigenvalue weighted by Gasteiger charge is 2.16. The summed E-state index contributed by atoms with van der Waals surface area (Å²) in [5.74, 6) is 0.266. The maximum atomic E-state index is 10.5. The average Bonchev–Trinajstić information content (AvgIpc) is 2.95. The maximum absolute atomic E-state index is 10.5. The van der Waals surface area contributed by atoms with Gasteiger partial charge in [0.05, 0.1) is 11.6 Å². The van der Waals surface area contributed by atoms with Crippen molar-refractivity contribution in [1.29, 1.82) is 0 Å². The van der Waals surface area contributed by atoms with E-state index in [4.69, 9.17) is 4.42 Å². The first-order chi connectivity index (χ1) is 8.65. The lowest BCUT2D eigenvalue weighted by Gasteiger charge is -1.89. The van der Waals surface area contributed by atoms with Crippen LogP contribution in [0.5, 0.6) is 5.75 Å². The Labute approximate surface area is 99.8 Å². The number of benzene rings is 1. The van der Waals surface area contributed by atoms with Crippen molar-refractivity contribution in [2.45, 2.75) is 0 Å². The number of nitro groups is 1. The van der Waals surface area contributed by atoms with E-state index in [1.807, 2.05) is 0 Å². The molecule has 7 nitrogen and oxygen atoms in total. The lowest BCUT2D eigenvalue weighted by Crippen LogP contribution is -1.83. The molecule has 3 rings (SSSR count). The molecule has 0 amide bonds. The Balaban J connectivity index is 2.13. The number of nitrogens with zero attached hydrogens (tertiary/aromatic N) is 2. The summed E-state index contributed by atoms with van der Waals surface area (Å²) in [5.41, 5.74) is 1.02. The maximum Gasteiger partial charge on any atom is 0.433 e. The van der Waals surface area contributed by atoms with Crippen LogP contribution in [0.15, 0.2) is 34.7 Å². The minimum atomic E-state index is -0.621. The molecule has 2 N–H and O–H groups in total. The van der Waals surface area contributed by atoms with Gasteiger partial charge in [-0.2, -0.15) is 0 Å². The fourth-order valence-corrected chi connectivity index (χ4v) is 1.69. The van der Waals surface area contributed by atoms with Crippen LogP contribution in [0.3, 0.4) is 0 Å². The zero-order valence-electron chi connectivity index (χ0n) is 8.95. The van der Waals surface area contributed by atoms with Gasteiger partial charge < -0.3 is 14.5 Å². The molecule has 0 saturated heterocycles. The number of hydrogen-bond donors (Lipinski definition) is 2. The van der Waals surface area contributed by atoms with Gasteiger partial charge in [-0.15, -0.1) is 0 Å². The van der Waals surface area contributed by atoms with Gasteiger partial charge >= 0.3 is 5.88 Å². The first-order valence-corrected chi connectivity index (χ1v) is 5.07. The van der Waals surface area contributed by atoms with Gasteiger partial charge in [0.15, 0.2) is 11.6 Å². The van der Waals surface area contributed by atoms with Crippen LogP contribution in [0.4, 0.5) is 5.88 Å². The van der Waals surface area contributed by atoms with Gasteiger partial charge in [-0.3, -0.25) is 10.1 Å². The molecule has 90 valence electrons. The number of para-hydroxylation sites is 1. The number of rotatable bonds is 2. The molecule has 0 aliphatic carbocycles. The Hall–Kier alpha value is -2.83. The third-order valence-corrected chi connectivity index (χ3v) is 2.50. The molecule has 0 aliphatic rings. The van der Waals surface area contributed by atoms with E-state index >= 15 is 0 Å². The molecule has 0 atom stereocenters. The predicted molar refractivity (Wildman–Crippen MR) is 62.1 cm³/mol. The van der Waals surface area contributed by atoms with Crippen molar-refractivity contribution < 1.29 is 14.4 Å². The fourth-order valence-electron chi connectivity index (χ4n) is 1.69. The molecule has 0 spiro atoms. The number of aromatic amines is 1. The molecule has 0 aliphatic heterocycles. The molecule has 18 heavy (non-hydrogen) atoms. The summed E-state index contributed by atoms with van der Waals surface area (Å²) >= 11 is 0. The lowest BCUT2D eigenvalue weighted by molar-refractivity contribution is -0.401. The highest BCUT2D eigenvalue weighted by atomic mass is 16.6. The highest BCUT2D eigenvalue weighted by Crippen LogP contribution is 2.28. The van der Waals surface area contributed by atoms with Gasteiger partial charge in [0.1, 0.15) is 16.2 Å². The van der Waals surface area contributed by atoms with Crippen molar-refractivity contribution in [2.24, 2.45) is 0 Å². The minimum Gasteiger partial charge on any atom is -0.506 e. The van der Waals surface area contributed by atoms with Crippen LogP contribution in [0.2, 0.25) is 0 Å². The van der Waals surface area contributed by atoms with Gasteiger partial charge in [0, 0.05) is 0 Å². The number of phenolic OH excluding ortho intramolecular Hbond substituents is 1. The van der Waals surface area contributed by atoms with E-state index < -0.39 is 4.92 Å². The number of hydrogen-bond acceptors (Lipinski definition) is 5. The molecule has 0 fully saturated rings. The average molecular weight is 245 g/mol. The summed E-state index contributed by atoms with van der Waals surface area (Å²) in [6, 6.07) is 7.62. The zero-order valence-corrected chi connectivity index (χ0v) is 8.95. The van der Waals surface area contributed by atoms with Crippen molar-refractivity contribution >= 4 is 16.9 Å². The summed E-state index contributed by atoms with van der Waals surface area (Å²) in [6.07, 6.45) is 0. The molecular formula is C11H7N3O4. The molecule has 0 bridgehead atoms. The van der Waals surface area contributed by atoms with E-state index in [-0.39, 0.29) is 17.4 Å². The number of furan rings is 1. The van der Waals surface area contributed by atoms with Crippen LogP contribution in [0.1, 0.15) is 0 Å². The second-order valence-corrected chi connectivity index (χ2v) is 3.65. The van der Waals surface area contributed by atoms with Gasteiger partial charge in [0.2, 0.25) is 0 Å². The molecule has 2 aromatic heterocycles. The molecule has 2 heterocycles. The van der Waals surface area contributed by atoms with E-state index in [0.717, 1.165) is 0 Å². The highest BCUT2D eigenvalue weighted by molar-refractivity contribution is 5.83. The van der Waals surface area contributed by atoms with E-state index in [1.165, 1.54) is 18.2 Å². The first kappa shape index (κ1) is 10.3. The molecule has 0 saturated carbocycles. The SMILES string of the molecule is O=[N+]([O-])c1ccc(-c2nc3c(O)cccc3[nH]2)o1. The second kappa shape index (κ2) is 3.59. The quantitative estimate of drug-likeness (QED) is 0.532. The molecular weight excluding hydrogens is 238 g/mol. The topological polar surface area (TPSA) is 105 Å². The monoisotopic (exact) mass is 245 g/mol. The van der Waals surface area contributed by atoms with Crippen molar-refractivity contribution in [3.8, 4) is 17.3 Å². The molecule has 7 heteroatoms. The second-order valence-electron chi connectivity index (χ2n) is 3.65. The lowest BCUT2D eigenvalue weighted by atomic mass is 10.3. The van der Waals surface area contributed by atoms with E-state index in [0.29, 0.717) is 16.9 Å². The van der Waals surface area contributed by atoms with Crippen LogP contribution >= 0.6 is 0 Å². The summed E-state index contributed by atoms with van der Waals surface area (Å²) in [5, 5.41) is 20.1. The van der Waals surface area contributed by atoms with Gasteiger partial charge in [-0.25, -0.2) is 4.98 Å². The smallest absolute Gasteiger partial charge is 0.433 e. The number of H-pyrrole nitrogens is 1. The molecule has 3 aromatic rings. The Morgan fingerprint density at radius 2 is 2.17 bits per heavy atom. The van der Waals surface area contributed by atoms with Gasteiger partial charge in [0.25, 0.3) is 0 Å². The van der Waals surface area contributed by atoms with E-state index in [1.54, 1.807) is 12.1 Å². The van der Waals surface area contributed by atoms with Crippen LogP contribution in [-0.4, -0.2) is 20.0 Å². The summed E-state index contributed by atoms with van der Waals surface area (Å²) < 4.78 is 5.03. The Morgan fingerprint density at radius 1 is 1.33 bits per heavy atom. The Morgan fingerprint density at radius 3 is 2.83 bits per heavy atom. The largest absolute Gasteiger partial charge is 0.506 e. The minimum absolute atomic E-state index is 0.0380. The number of fused-ring (bicyclic) bond motifs is 1. The van der Waals surface area contributed by atoms with Gasteiger partial charge in [-0.1, -0.05) is 6.07 Å². The van der Waals surface area contributed by atoms with E-state index in [2.05, 4.69) is 9.97 Å². The van der Waals surface area contributed by atoms with Gasteiger partial charge in [-0.05, 0) is 18.2 Å². The molecule has 0 unspecified atom stereocenters. The van der Waals surface area contributed by atoms with Crippen molar-refractivity contribution in [3.05, 3.63) is 40.4 Å². The van der Waals surface area contributed by atoms with Crippen molar-refractivity contribution in [3.63, 3.8) is 0 Å². The predicted octanol–water partition coefficient (Wildman–Crippen LogP) is 2.44. The number of aromatic nitrogens is 2. The van der Waals surface area contributed by atoms with Crippen LogP contribution in [0.25, 0.3) is 22.6 Å². The Bertz CT molecular complexity index is 744. The van der Waals surface area contributed by atoms with E-state index in [9.17, 15) is 15.2 Å². The van der Waals surface area contributed by atoms with Crippen LogP contribution < -0.4 is 0 Å². The fraction of sp³-hybridized carbons (Fsp3) is 0. The van der Waals surface area contributed by atoms with Crippen molar-refractivity contribution in [1.82, 2.24) is 9.97 Å². The molecule has 0 radical (unpaired) electrons. The summed E-state index contributed by atoms with van der Waals surface area (Å²) in [6.45, 7) is 0. The zero-order chi connectivity index (χ0) is 12.7. The number of phenols is 1. The normalized spacial score (nSPS) is 10.9. The summed E-state index contributed by atoms with van der Waals surface area (Å²) in [4.78, 5) is 16.9. The van der Waals surface area contributed by atoms with Crippen LogP contribution in [0, 0.1) is 10.1 Å². The third-order valence-electron chi connectivity index (χ3n) is 2.50. The number of aromatic hydroxyl groups is 1.